The van der Waals surface area contributed by atoms with E-state index < -0.39 is 0 Å². The highest BCUT2D eigenvalue weighted by molar-refractivity contribution is 9.10. The molecular formula is C13H20BrN. The normalized spacial score (nSPS) is 10.3. The molecule has 0 fully saturated rings. The predicted molar refractivity (Wildman–Crippen MR) is 71.4 cm³/mol. The molecule has 0 atom stereocenters. The van der Waals surface area contributed by atoms with Crippen LogP contribution in [0, 0.1) is 0 Å². The first-order chi connectivity index (χ1) is 7.33. The highest BCUT2D eigenvalue weighted by atomic mass is 79.9. The molecule has 0 saturated carbocycles. The van der Waals surface area contributed by atoms with Crippen LogP contribution in [0.15, 0.2) is 28.7 Å². The molecule has 0 unspecified atom stereocenters. The van der Waals surface area contributed by atoms with Gasteiger partial charge in [-0.25, -0.2) is 0 Å². The fourth-order valence-electron chi connectivity index (χ4n) is 1.56. The Morgan fingerprint density at radius 3 is 2.67 bits per heavy atom. The summed E-state index contributed by atoms with van der Waals surface area (Å²) in [6.45, 7) is 3.33. The van der Waals surface area contributed by atoms with Crippen LogP contribution in [0.25, 0.3) is 0 Å². The second-order valence-corrected chi connectivity index (χ2v) is 4.77. The lowest BCUT2D eigenvalue weighted by atomic mass is 10.1. The third-order valence-corrected chi connectivity index (χ3v) is 2.93. The number of halogens is 1. The fourth-order valence-corrected chi connectivity index (χ4v) is 1.96. The van der Waals surface area contributed by atoms with E-state index in [4.69, 9.17) is 0 Å². The van der Waals surface area contributed by atoms with E-state index in [1.54, 1.807) is 0 Å². The number of anilines is 1. The minimum atomic E-state index is 1.08. The van der Waals surface area contributed by atoms with Gasteiger partial charge in [0.15, 0.2) is 0 Å². The molecule has 0 aliphatic carbocycles. The van der Waals surface area contributed by atoms with Gasteiger partial charge in [-0.05, 0) is 24.6 Å². The van der Waals surface area contributed by atoms with E-state index in [-0.39, 0.29) is 0 Å². The largest absolute Gasteiger partial charge is 0.385 e. The lowest BCUT2D eigenvalue weighted by Crippen LogP contribution is -2.00. The van der Waals surface area contributed by atoms with Crippen molar-refractivity contribution in [2.75, 3.05) is 11.9 Å². The number of benzene rings is 1. The van der Waals surface area contributed by atoms with Crippen molar-refractivity contribution in [1.29, 1.82) is 0 Å². The van der Waals surface area contributed by atoms with Gasteiger partial charge in [-0.1, -0.05) is 54.6 Å². The molecule has 0 amide bonds. The van der Waals surface area contributed by atoms with Crippen LogP contribution in [-0.2, 0) is 0 Å². The van der Waals surface area contributed by atoms with Gasteiger partial charge in [-0.15, -0.1) is 0 Å². The lowest BCUT2D eigenvalue weighted by molar-refractivity contribution is 0.645. The van der Waals surface area contributed by atoms with Crippen LogP contribution in [0.4, 0.5) is 5.69 Å². The summed E-state index contributed by atoms with van der Waals surface area (Å²) in [5, 5.41) is 3.43. The minimum absolute atomic E-state index is 1.08. The summed E-state index contributed by atoms with van der Waals surface area (Å²) in [7, 11) is 0. The third-order valence-electron chi connectivity index (χ3n) is 2.43. The van der Waals surface area contributed by atoms with Crippen LogP contribution < -0.4 is 5.32 Å². The van der Waals surface area contributed by atoms with Gasteiger partial charge in [0.05, 0.1) is 0 Å². The Kier molecular flexibility index (Phi) is 6.49. The maximum absolute atomic E-state index is 3.47. The standard InChI is InChI=1S/C13H20BrN/c1-2-3-4-5-6-10-15-13-9-7-8-12(14)11-13/h7-9,11,15H,2-6,10H2,1H3. The van der Waals surface area contributed by atoms with Gasteiger partial charge in [0.1, 0.15) is 0 Å². The molecule has 0 radical (unpaired) electrons. The molecule has 0 spiro atoms. The summed E-state index contributed by atoms with van der Waals surface area (Å²) in [6, 6.07) is 8.33. The molecule has 15 heavy (non-hydrogen) atoms. The summed E-state index contributed by atoms with van der Waals surface area (Å²) in [5.41, 5.74) is 1.21. The van der Waals surface area contributed by atoms with Gasteiger partial charge in [0.2, 0.25) is 0 Å². The SMILES string of the molecule is CCCCCCCNc1cccc(Br)c1. The van der Waals surface area contributed by atoms with Crippen molar-refractivity contribution in [1.82, 2.24) is 0 Å². The number of rotatable bonds is 7. The van der Waals surface area contributed by atoms with Gasteiger partial charge in [-0.3, -0.25) is 0 Å². The van der Waals surface area contributed by atoms with E-state index >= 15 is 0 Å². The Bertz CT molecular complexity index is 273. The molecule has 1 aromatic carbocycles. The Hall–Kier alpha value is -0.500. The Morgan fingerprint density at radius 2 is 1.93 bits per heavy atom. The molecule has 0 aliphatic heterocycles. The van der Waals surface area contributed by atoms with Crippen molar-refractivity contribution in [2.45, 2.75) is 39.0 Å². The van der Waals surface area contributed by atoms with E-state index in [1.165, 1.54) is 37.8 Å². The zero-order valence-corrected chi connectivity index (χ0v) is 11.0. The fraction of sp³-hybridized carbons (Fsp3) is 0.538. The zero-order chi connectivity index (χ0) is 10.9. The minimum Gasteiger partial charge on any atom is -0.385 e. The quantitative estimate of drug-likeness (QED) is 0.699. The lowest BCUT2D eigenvalue weighted by Gasteiger charge is -2.06. The highest BCUT2D eigenvalue weighted by Crippen LogP contribution is 2.15. The summed E-state index contributed by atoms with van der Waals surface area (Å²) >= 11 is 3.47. The van der Waals surface area contributed by atoms with E-state index in [0.717, 1.165) is 11.0 Å². The first-order valence-electron chi connectivity index (χ1n) is 5.82. The summed E-state index contributed by atoms with van der Waals surface area (Å²) in [6.07, 6.45) is 6.67. The predicted octanol–water partition coefficient (Wildman–Crippen LogP) is 4.83. The van der Waals surface area contributed by atoms with Gasteiger partial charge in [0, 0.05) is 16.7 Å². The van der Waals surface area contributed by atoms with Crippen molar-refractivity contribution in [2.24, 2.45) is 0 Å². The molecule has 84 valence electrons. The number of unbranched alkanes of at least 4 members (excludes halogenated alkanes) is 4. The number of hydrogen-bond donors (Lipinski definition) is 1. The van der Waals surface area contributed by atoms with E-state index in [1.807, 2.05) is 6.07 Å². The van der Waals surface area contributed by atoms with Gasteiger partial charge in [-0.2, -0.15) is 0 Å². The van der Waals surface area contributed by atoms with Gasteiger partial charge < -0.3 is 5.32 Å². The number of hydrogen-bond acceptors (Lipinski definition) is 1. The van der Waals surface area contributed by atoms with Gasteiger partial charge >= 0.3 is 0 Å². The van der Waals surface area contributed by atoms with E-state index in [2.05, 4.69) is 46.4 Å². The maximum Gasteiger partial charge on any atom is 0.0351 e. The molecule has 0 heterocycles. The average molecular weight is 270 g/mol. The monoisotopic (exact) mass is 269 g/mol. The van der Waals surface area contributed by atoms with Crippen LogP contribution in [0.3, 0.4) is 0 Å². The summed E-state index contributed by atoms with van der Waals surface area (Å²) < 4.78 is 1.14. The Labute approximate surface area is 101 Å². The number of nitrogens with one attached hydrogen (secondary N) is 1. The van der Waals surface area contributed by atoms with Crippen molar-refractivity contribution >= 4 is 21.6 Å². The molecule has 2 heteroatoms. The molecule has 0 aliphatic rings. The van der Waals surface area contributed by atoms with Crippen molar-refractivity contribution in [3.05, 3.63) is 28.7 Å². The average Bonchev–Trinajstić information content (AvgIpc) is 2.23. The molecule has 1 N–H and O–H groups in total. The molecular weight excluding hydrogens is 250 g/mol. The van der Waals surface area contributed by atoms with Crippen molar-refractivity contribution in [3.8, 4) is 0 Å². The zero-order valence-electron chi connectivity index (χ0n) is 9.43. The van der Waals surface area contributed by atoms with Crippen LogP contribution in [0.2, 0.25) is 0 Å². The molecule has 1 aromatic rings. The van der Waals surface area contributed by atoms with Crippen LogP contribution in [-0.4, -0.2) is 6.54 Å². The van der Waals surface area contributed by atoms with Crippen LogP contribution in [0.1, 0.15) is 39.0 Å². The second kappa shape index (κ2) is 7.75. The molecule has 1 rings (SSSR count). The summed E-state index contributed by atoms with van der Waals surface area (Å²) in [4.78, 5) is 0. The van der Waals surface area contributed by atoms with E-state index in [0.29, 0.717) is 0 Å². The Morgan fingerprint density at radius 1 is 1.13 bits per heavy atom. The molecule has 1 nitrogen and oxygen atoms in total. The molecule has 0 bridgehead atoms. The van der Waals surface area contributed by atoms with Crippen LogP contribution in [0.5, 0.6) is 0 Å². The third kappa shape index (κ3) is 5.83. The molecule has 0 aromatic heterocycles. The summed E-state index contributed by atoms with van der Waals surface area (Å²) in [5.74, 6) is 0. The van der Waals surface area contributed by atoms with Crippen molar-refractivity contribution in [3.63, 3.8) is 0 Å². The van der Waals surface area contributed by atoms with Crippen LogP contribution >= 0.6 is 15.9 Å². The highest BCUT2D eigenvalue weighted by Gasteiger charge is 1.92. The van der Waals surface area contributed by atoms with E-state index in [9.17, 15) is 0 Å². The topological polar surface area (TPSA) is 12.0 Å². The Balaban J connectivity index is 2.10. The second-order valence-electron chi connectivity index (χ2n) is 3.85. The smallest absolute Gasteiger partial charge is 0.0351 e. The van der Waals surface area contributed by atoms with Gasteiger partial charge in [0.25, 0.3) is 0 Å². The molecule has 0 saturated heterocycles. The first kappa shape index (κ1) is 12.6. The van der Waals surface area contributed by atoms with Crippen molar-refractivity contribution < 1.29 is 0 Å². The first-order valence-corrected chi connectivity index (χ1v) is 6.61. The maximum atomic E-state index is 3.47.